The highest BCUT2D eigenvalue weighted by Crippen LogP contribution is 2.22. The third-order valence-corrected chi connectivity index (χ3v) is 3.73. The molecule has 0 fully saturated rings. The van der Waals surface area contributed by atoms with Crippen LogP contribution in [-0.4, -0.2) is 29.5 Å². The fourth-order valence-corrected chi connectivity index (χ4v) is 2.48. The molecule has 0 bridgehead atoms. The van der Waals surface area contributed by atoms with Gasteiger partial charge in [0.25, 0.3) is 11.8 Å². The second kappa shape index (κ2) is 7.72. The number of fused-ring (bicyclic) bond motifs is 1. The molecule has 1 aliphatic rings. The lowest BCUT2D eigenvalue weighted by Gasteiger charge is -2.12. The maximum absolute atomic E-state index is 12.1. The molecule has 0 saturated heterocycles. The summed E-state index contributed by atoms with van der Waals surface area (Å²) in [6.07, 6.45) is 0.497. The lowest BCUT2D eigenvalue weighted by Crippen LogP contribution is -2.32. The van der Waals surface area contributed by atoms with Crippen molar-refractivity contribution in [1.82, 2.24) is 5.06 Å². The summed E-state index contributed by atoms with van der Waals surface area (Å²) in [5.41, 5.74) is 1.54. The number of amides is 2. The predicted molar refractivity (Wildman–Crippen MR) is 88.4 cm³/mol. The average Bonchev–Trinajstić information content (AvgIpc) is 2.88. The number of hydrogen-bond donors (Lipinski definition) is 0. The van der Waals surface area contributed by atoms with Gasteiger partial charge in [0.05, 0.1) is 24.2 Å². The van der Waals surface area contributed by atoms with E-state index < -0.39 is 17.8 Å². The molecule has 0 spiro atoms. The largest absolute Gasteiger partial charge is 0.377 e. The summed E-state index contributed by atoms with van der Waals surface area (Å²) in [5, 5.41) is 0.526. The molecule has 0 saturated carbocycles. The van der Waals surface area contributed by atoms with E-state index in [1.54, 1.807) is 12.1 Å². The summed E-state index contributed by atoms with van der Waals surface area (Å²) < 4.78 is 5.48. The van der Waals surface area contributed by atoms with Gasteiger partial charge in [0.1, 0.15) is 0 Å². The van der Waals surface area contributed by atoms with Crippen molar-refractivity contribution in [2.75, 3.05) is 6.61 Å². The van der Waals surface area contributed by atoms with Crippen molar-refractivity contribution in [3.05, 3.63) is 71.3 Å². The smallest absolute Gasteiger partial charge is 0.333 e. The number of imide groups is 1. The Labute approximate surface area is 144 Å². The van der Waals surface area contributed by atoms with Crippen molar-refractivity contribution in [2.24, 2.45) is 0 Å². The van der Waals surface area contributed by atoms with Crippen molar-refractivity contribution in [1.29, 1.82) is 0 Å². The van der Waals surface area contributed by atoms with E-state index in [2.05, 4.69) is 0 Å². The first-order valence-electron chi connectivity index (χ1n) is 7.97. The zero-order valence-electron chi connectivity index (χ0n) is 13.5. The number of benzene rings is 2. The van der Waals surface area contributed by atoms with Crippen LogP contribution in [0.4, 0.5) is 0 Å². The second-order valence-electron chi connectivity index (χ2n) is 5.56. The Morgan fingerprint density at radius 3 is 2.12 bits per heavy atom. The number of carbonyl (C=O) groups excluding carboxylic acids is 3. The summed E-state index contributed by atoms with van der Waals surface area (Å²) in [6, 6.07) is 16.1. The van der Waals surface area contributed by atoms with E-state index >= 15 is 0 Å². The van der Waals surface area contributed by atoms with Crippen molar-refractivity contribution in [3.8, 4) is 0 Å². The molecule has 0 N–H and O–H groups in total. The highest BCUT2D eigenvalue weighted by Gasteiger charge is 2.38. The molecule has 0 unspecified atom stereocenters. The Kier molecular flexibility index (Phi) is 5.20. The summed E-state index contributed by atoms with van der Waals surface area (Å²) in [6.45, 7) is 0.848. The summed E-state index contributed by atoms with van der Waals surface area (Å²) in [4.78, 5) is 40.9. The Bertz CT molecular complexity index is 752. The van der Waals surface area contributed by atoms with E-state index in [0.717, 1.165) is 5.56 Å². The third kappa shape index (κ3) is 3.92. The van der Waals surface area contributed by atoms with Gasteiger partial charge in [-0.15, -0.1) is 0 Å². The monoisotopic (exact) mass is 339 g/mol. The molecule has 0 radical (unpaired) electrons. The van der Waals surface area contributed by atoms with Gasteiger partial charge in [0, 0.05) is 6.61 Å². The van der Waals surface area contributed by atoms with Crippen LogP contribution in [0.15, 0.2) is 54.6 Å². The number of nitrogens with zero attached hydrogens (tertiary/aromatic N) is 1. The maximum Gasteiger partial charge on any atom is 0.333 e. The second-order valence-corrected chi connectivity index (χ2v) is 5.56. The van der Waals surface area contributed by atoms with Gasteiger partial charge < -0.3 is 9.57 Å². The first-order valence-corrected chi connectivity index (χ1v) is 7.97. The molecular formula is C19H17NO5. The Balaban J connectivity index is 1.41. The van der Waals surface area contributed by atoms with Gasteiger partial charge in [-0.1, -0.05) is 47.5 Å². The van der Waals surface area contributed by atoms with Crippen LogP contribution in [0.25, 0.3) is 0 Å². The van der Waals surface area contributed by atoms with E-state index in [0.29, 0.717) is 24.7 Å². The molecule has 3 rings (SSSR count). The first-order chi connectivity index (χ1) is 12.2. The van der Waals surface area contributed by atoms with Crippen LogP contribution in [0.2, 0.25) is 0 Å². The fraction of sp³-hybridized carbons (Fsp3) is 0.211. The Morgan fingerprint density at radius 2 is 1.48 bits per heavy atom. The molecule has 1 heterocycles. The van der Waals surface area contributed by atoms with Crippen LogP contribution in [0.1, 0.15) is 39.1 Å². The quantitative estimate of drug-likeness (QED) is 0.573. The fourth-order valence-electron chi connectivity index (χ4n) is 2.48. The van der Waals surface area contributed by atoms with Crippen LogP contribution < -0.4 is 0 Å². The number of hydrogen-bond acceptors (Lipinski definition) is 5. The van der Waals surface area contributed by atoms with Crippen LogP contribution >= 0.6 is 0 Å². The zero-order chi connectivity index (χ0) is 17.6. The standard InChI is InChI=1S/C19H17NO5/c21-17(11-6-12-24-13-14-7-2-1-3-8-14)25-20-18(22)15-9-4-5-10-16(15)19(20)23/h1-5,7-10H,6,11-13H2. The molecule has 2 amide bonds. The number of rotatable bonds is 7. The molecule has 0 aliphatic carbocycles. The first kappa shape index (κ1) is 16.9. The minimum Gasteiger partial charge on any atom is -0.377 e. The molecule has 0 atom stereocenters. The van der Waals surface area contributed by atoms with E-state index in [4.69, 9.17) is 9.57 Å². The SMILES string of the molecule is O=C(CCCOCc1ccccc1)ON1C(=O)c2ccccc2C1=O. The van der Waals surface area contributed by atoms with E-state index in [1.165, 1.54) is 12.1 Å². The lowest BCUT2D eigenvalue weighted by atomic mass is 10.1. The number of carbonyl (C=O) groups is 3. The molecular weight excluding hydrogens is 322 g/mol. The van der Waals surface area contributed by atoms with E-state index in [9.17, 15) is 14.4 Å². The lowest BCUT2D eigenvalue weighted by molar-refractivity contribution is -0.168. The van der Waals surface area contributed by atoms with Crippen LogP contribution in [0.3, 0.4) is 0 Å². The minimum atomic E-state index is -0.641. The highest BCUT2D eigenvalue weighted by atomic mass is 16.7. The Morgan fingerprint density at radius 1 is 0.880 bits per heavy atom. The number of hydroxylamine groups is 2. The van der Waals surface area contributed by atoms with Crippen molar-refractivity contribution in [2.45, 2.75) is 19.4 Å². The van der Waals surface area contributed by atoms with Crippen LogP contribution in [0.5, 0.6) is 0 Å². The molecule has 2 aromatic carbocycles. The van der Waals surface area contributed by atoms with Gasteiger partial charge in [-0.05, 0) is 24.1 Å². The summed E-state index contributed by atoms with van der Waals surface area (Å²) in [7, 11) is 0. The molecule has 0 aromatic heterocycles. The summed E-state index contributed by atoms with van der Waals surface area (Å²) >= 11 is 0. The van der Waals surface area contributed by atoms with Gasteiger partial charge in [0.15, 0.2) is 0 Å². The third-order valence-electron chi connectivity index (χ3n) is 3.73. The molecule has 25 heavy (non-hydrogen) atoms. The van der Waals surface area contributed by atoms with Crippen LogP contribution in [0, 0.1) is 0 Å². The van der Waals surface area contributed by atoms with Crippen molar-refractivity contribution < 1.29 is 24.0 Å². The van der Waals surface area contributed by atoms with E-state index in [1.807, 2.05) is 30.3 Å². The van der Waals surface area contributed by atoms with Crippen molar-refractivity contribution >= 4 is 17.8 Å². The maximum atomic E-state index is 12.1. The average molecular weight is 339 g/mol. The molecule has 128 valence electrons. The van der Waals surface area contributed by atoms with Gasteiger partial charge in [0.2, 0.25) is 0 Å². The van der Waals surface area contributed by atoms with E-state index in [-0.39, 0.29) is 17.5 Å². The molecule has 2 aromatic rings. The summed E-state index contributed by atoms with van der Waals surface area (Å²) in [5.74, 6) is -1.87. The highest BCUT2D eigenvalue weighted by molar-refractivity contribution is 6.20. The Hall–Kier alpha value is -2.99. The van der Waals surface area contributed by atoms with Gasteiger partial charge in [-0.2, -0.15) is 0 Å². The van der Waals surface area contributed by atoms with Crippen LogP contribution in [-0.2, 0) is 21.0 Å². The van der Waals surface area contributed by atoms with Gasteiger partial charge >= 0.3 is 5.97 Å². The van der Waals surface area contributed by atoms with Gasteiger partial charge in [-0.3, -0.25) is 9.59 Å². The zero-order valence-corrected chi connectivity index (χ0v) is 13.5. The van der Waals surface area contributed by atoms with Crippen molar-refractivity contribution in [3.63, 3.8) is 0 Å². The molecule has 1 aliphatic heterocycles. The topological polar surface area (TPSA) is 72.9 Å². The van der Waals surface area contributed by atoms with Gasteiger partial charge in [-0.25, -0.2) is 4.79 Å². The molecule has 6 nitrogen and oxygen atoms in total. The molecule has 6 heteroatoms. The minimum absolute atomic E-state index is 0.0577. The predicted octanol–water partition coefficient (Wildman–Crippen LogP) is 2.74. The number of ether oxygens (including phenoxy) is 1. The normalized spacial score (nSPS) is 13.0.